The number of rotatable bonds is 6. The molecule has 1 aliphatic heterocycles. The Morgan fingerprint density at radius 3 is 2.90 bits per heavy atom. The van der Waals surface area contributed by atoms with Crippen LogP contribution in [0.15, 0.2) is 35.5 Å². The van der Waals surface area contributed by atoms with Gasteiger partial charge in [-0.05, 0) is 33.7 Å². The third-order valence-electron chi connectivity index (χ3n) is 4.99. The van der Waals surface area contributed by atoms with Gasteiger partial charge in [0.1, 0.15) is 5.02 Å². The maximum atomic E-state index is 12.9. The van der Waals surface area contributed by atoms with E-state index in [1.807, 2.05) is 15.6 Å². The van der Waals surface area contributed by atoms with Crippen molar-refractivity contribution in [3.63, 3.8) is 0 Å². The molecule has 1 unspecified atom stereocenters. The monoisotopic (exact) mass is 564 g/mol. The fourth-order valence-corrected chi connectivity index (χ4v) is 5.19. The first-order valence-electron chi connectivity index (χ1n) is 9.11. The third kappa shape index (κ3) is 4.36. The summed E-state index contributed by atoms with van der Waals surface area (Å²) in [4.78, 5) is 18.4. The molecule has 0 N–H and O–H groups in total. The van der Waals surface area contributed by atoms with Gasteiger partial charge in [0, 0.05) is 37.0 Å². The van der Waals surface area contributed by atoms with Crippen molar-refractivity contribution in [2.24, 2.45) is 0 Å². The summed E-state index contributed by atoms with van der Waals surface area (Å²) < 4.78 is 28.9. The van der Waals surface area contributed by atoms with Gasteiger partial charge in [0.25, 0.3) is 5.56 Å². The summed E-state index contributed by atoms with van der Waals surface area (Å²) in [5, 5.41) is 8.81. The summed E-state index contributed by atoms with van der Waals surface area (Å²) in [7, 11) is 0. The minimum Gasteiger partial charge on any atom is -0.364 e. The van der Waals surface area contributed by atoms with Crippen LogP contribution < -0.4 is 10.5 Å². The molecule has 0 spiro atoms. The number of hydrogen-bond donors (Lipinski definition) is 0. The molecule has 0 radical (unpaired) electrons. The lowest BCUT2D eigenvalue weighted by Gasteiger charge is -2.29. The van der Waals surface area contributed by atoms with E-state index in [-0.39, 0.29) is 23.4 Å². The standard InChI is InChI=1S/C18H17ClF2IN6OP/c19-17-15(8-25-28(30-22)18(17)29)26-5-3-14-12(9-26)7-24-27(14)10-11-2-1-4-23-13(11)6-16(20)21/h1-2,4,7-8,16,30H,3,5-6,9-10H2. The molecule has 0 saturated heterocycles. The quantitative estimate of drug-likeness (QED) is 0.338. The molecule has 7 nitrogen and oxygen atoms in total. The van der Waals surface area contributed by atoms with E-state index in [0.29, 0.717) is 37.4 Å². The Morgan fingerprint density at radius 1 is 1.30 bits per heavy atom. The highest BCUT2D eigenvalue weighted by Crippen LogP contribution is 2.30. The number of alkyl halides is 2. The predicted molar refractivity (Wildman–Crippen MR) is 121 cm³/mol. The molecule has 3 aromatic heterocycles. The van der Waals surface area contributed by atoms with Gasteiger partial charge in [0.05, 0.1) is 43.1 Å². The molecule has 0 amide bonds. The Balaban J connectivity index is 1.56. The zero-order valence-electron chi connectivity index (χ0n) is 15.6. The average molecular weight is 565 g/mol. The number of hydrogen-bond acceptors (Lipinski definition) is 5. The highest BCUT2D eigenvalue weighted by molar-refractivity contribution is 14.2. The SMILES string of the molecule is O=c1c(Cl)c(N2CCc3c(cnn3Cc3cccnc3CC(F)F)C2)cnn1PI. The molecule has 4 rings (SSSR count). The molecule has 12 heteroatoms. The minimum absolute atomic E-state index is 0.164. The molecular formula is C18H17ClF2IN6OP. The Hall–Kier alpha value is -1.65. The summed E-state index contributed by atoms with van der Waals surface area (Å²) in [5.74, 6) is 0. The van der Waals surface area contributed by atoms with E-state index in [2.05, 4.69) is 37.2 Å². The Bertz CT molecular complexity index is 1120. The average Bonchev–Trinajstić information content (AvgIpc) is 3.13. The van der Waals surface area contributed by atoms with E-state index in [0.717, 1.165) is 16.8 Å². The zero-order chi connectivity index (χ0) is 21.3. The van der Waals surface area contributed by atoms with Crippen LogP contribution in [0.5, 0.6) is 0 Å². The summed E-state index contributed by atoms with van der Waals surface area (Å²) in [6, 6.07) is 3.55. The molecule has 1 atom stereocenters. The molecule has 4 heterocycles. The van der Waals surface area contributed by atoms with Gasteiger partial charge in [-0.1, -0.05) is 17.7 Å². The van der Waals surface area contributed by atoms with Gasteiger partial charge in [-0.2, -0.15) is 10.2 Å². The van der Waals surface area contributed by atoms with Crippen LogP contribution >= 0.6 is 40.0 Å². The summed E-state index contributed by atoms with van der Waals surface area (Å²) in [6.07, 6.45) is 2.98. The molecular weight excluding hydrogens is 548 g/mol. The minimum atomic E-state index is -2.44. The molecule has 0 saturated carbocycles. The second kappa shape index (κ2) is 9.23. The van der Waals surface area contributed by atoms with Crippen LogP contribution in [0.2, 0.25) is 5.02 Å². The van der Waals surface area contributed by atoms with Crippen LogP contribution in [0.4, 0.5) is 14.5 Å². The largest absolute Gasteiger partial charge is 0.364 e. The number of fused-ring (bicyclic) bond motifs is 1. The highest BCUT2D eigenvalue weighted by atomic mass is 127. The van der Waals surface area contributed by atoms with Gasteiger partial charge in [-0.3, -0.25) is 14.5 Å². The first-order chi connectivity index (χ1) is 14.5. The van der Waals surface area contributed by atoms with Crippen LogP contribution in [0.3, 0.4) is 0 Å². The predicted octanol–water partition coefficient (Wildman–Crippen LogP) is 3.70. The van der Waals surface area contributed by atoms with Gasteiger partial charge >= 0.3 is 0 Å². The van der Waals surface area contributed by atoms with Crippen molar-refractivity contribution in [2.45, 2.75) is 32.4 Å². The fraction of sp³-hybridized carbons (Fsp3) is 0.333. The van der Waals surface area contributed by atoms with E-state index in [4.69, 9.17) is 11.6 Å². The van der Waals surface area contributed by atoms with Gasteiger partial charge in [-0.15, -0.1) is 0 Å². The number of aromatic nitrogens is 5. The Labute approximate surface area is 190 Å². The van der Waals surface area contributed by atoms with E-state index in [1.165, 1.54) is 10.6 Å². The number of halogens is 4. The van der Waals surface area contributed by atoms with Crippen molar-refractivity contribution >= 4 is 45.7 Å². The summed E-state index contributed by atoms with van der Waals surface area (Å²) in [6.45, 7) is 1.58. The lowest BCUT2D eigenvalue weighted by Crippen LogP contribution is -2.33. The maximum Gasteiger partial charge on any atom is 0.291 e. The number of nitrogens with zero attached hydrogens (tertiary/aromatic N) is 6. The number of anilines is 1. The van der Waals surface area contributed by atoms with Crippen molar-refractivity contribution < 1.29 is 8.78 Å². The third-order valence-corrected chi connectivity index (χ3v) is 7.19. The molecule has 0 fully saturated rings. The van der Waals surface area contributed by atoms with Crippen molar-refractivity contribution in [3.8, 4) is 0 Å². The normalized spacial score (nSPS) is 14.1. The summed E-state index contributed by atoms with van der Waals surface area (Å²) >= 11 is 8.39. The molecule has 3 aromatic rings. The smallest absolute Gasteiger partial charge is 0.291 e. The van der Waals surface area contributed by atoms with Gasteiger partial charge in [0.2, 0.25) is 6.43 Å². The van der Waals surface area contributed by atoms with E-state index >= 15 is 0 Å². The van der Waals surface area contributed by atoms with Gasteiger partial charge < -0.3 is 4.90 Å². The number of pyridine rings is 1. The zero-order valence-corrected chi connectivity index (χ0v) is 19.5. The van der Waals surface area contributed by atoms with E-state index in [1.54, 1.807) is 18.5 Å². The van der Waals surface area contributed by atoms with Crippen molar-refractivity contribution in [1.82, 2.24) is 24.3 Å². The fourth-order valence-electron chi connectivity index (χ4n) is 3.55. The highest BCUT2D eigenvalue weighted by Gasteiger charge is 2.24. The topological polar surface area (TPSA) is 68.8 Å². The Morgan fingerprint density at radius 2 is 2.13 bits per heavy atom. The molecule has 30 heavy (non-hydrogen) atoms. The van der Waals surface area contributed by atoms with Crippen LogP contribution in [0.1, 0.15) is 22.5 Å². The molecule has 0 aliphatic carbocycles. The van der Waals surface area contributed by atoms with Crippen molar-refractivity contribution in [2.75, 3.05) is 11.4 Å². The van der Waals surface area contributed by atoms with Crippen LogP contribution in [0, 0.1) is 0 Å². The first-order valence-corrected chi connectivity index (χ1v) is 13.6. The van der Waals surface area contributed by atoms with Crippen LogP contribution in [-0.2, 0) is 25.9 Å². The molecule has 158 valence electrons. The second-order valence-corrected chi connectivity index (χ2v) is 9.21. The first kappa shape index (κ1) is 21.6. The molecule has 0 aromatic carbocycles. The van der Waals surface area contributed by atoms with Crippen molar-refractivity contribution in [3.05, 3.63) is 68.6 Å². The van der Waals surface area contributed by atoms with Crippen LogP contribution in [-0.4, -0.2) is 37.3 Å². The maximum absolute atomic E-state index is 12.9. The van der Waals surface area contributed by atoms with Gasteiger partial charge in [0.15, 0.2) is 0 Å². The second-order valence-electron chi connectivity index (χ2n) is 6.80. The summed E-state index contributed by atoms with van der Waals surface area (Å²) in [5.41, 5.74) is 3.50. The van der Waals surface area contributed by atoms with E-state index in [9.17, 15) is 13.6 Å². The van der Waals surface area contributed by atoms with Crippen LogP contribution in [0.25, 0.3) is 0 Å². The van der Waals surface area contributed by atoms with E-state index < -0.39 is 6.43 Å². The lowest BCUT2D eigenvalue weighted by molar-refractivity contribution is 0.147. The Kier molecular flexibility index (Phi) is 6.64. The van der Waals surface area contributed by atoms with Gasteiger partial charge in [-0.25, -0.2) is 13.2 Å². The molecule has 1 aliphatic rings. The molecule has 0 bridgehead atoms. The lowest BCUT2D eigenvalue weighted by atomic mass is 10.1. The van der Waals surface area contributed by atoms with Crippen molar-refractivity contribution in [1.29, 1.82) is 0 Å².